The first-order valence-corrected chi connectivity index (χ1v) is 5.96. The van der Waals surface area contributed by atoms with Gasteiger partial charge in [-0.3, -0.25) is 4.79 Å². The maximum absolute atomic E-state index is 11.7. The molecule has 2 nitrogen and oxygen atoms in total. The molecule has 0 bridgehead atoms. The van der Waals surface area contributed by atoms with Gasteiger partial charge in [-0.25, -0.2) is 0 Å². The van der Waals surface area contributed by atoms with Gasteiger partial charge in [0, 0.05) is 6.04 Å². The van der Waals surface area contributed by atoms with Gasteiger partial charge in [0.2, 0.25) is 5.91 Å². The summed E-state index contributed by atoms with van der Waals surface area (Å²) in [6.45, 7) is 6.23. The number of aryl methyl sites for hydroxylation is 1. The fraction of sp³-hybridized carbons (Fsp3) is 0.500. The topological polar surface area (TPSA) is 29.1 Å². The predicted molar refractivity (Wildman–Crippen MR) is 67.4 cm³/mol. The van der Waals surface area contributed by atoms with E-state index in [1.54, 1.807) is 0 Å². The van der Waals surface area contributed by atoms with Gasteiger partial charge in [0.15, 0.2) is 0 Å². The summed E-state index contributed by atoms with van der Waals surface area (Å²) in [5, 5.41) is 3.00. The van der Waals surface area contributed by atoms with Gasteiger partial charge < -0.3 is 5.32 Å². The van der Waals surface area contributed by atoms with Crippen molar-refractivity contribution in [1.82, 2.24) is 5.32 Å². The third kappa shape index (κ3) is 4.47. The van der Waals surface area contributed by atoms with Crippen LogP contribution >= 0.6 is 0 Å². The standard InChI is InChI=1S/C14H21NO/c1-4-5-12(3)15-14(16)10-13-8-6-11(2)7-9-13/h6-9,12H,4-5,10H2,1-3H3,(H,15,16)/t12-/m1/s1. The average molecular weight is 219 g/mol. The van der Waals surface area contributed by atoms with Gasteiger partial charge in [0.05, 0.1) is 6.42 Å². The van der Waals surface area contributed by atoms with Crippen molar-refractivity contribution < 1.29 is 4.79 Å². The Morgan fingerprint density at radius 1 is 1.31 bits per heavy atom. The van der Waals surface area contributed by atoms with Crippen molar-refractivity contribution in [3.05, 3.63) is 35.4 Å². The number of amides is 1. The number of benzene rings is 1. The fourth-order valence-electron chi connectivity index (χ4n) is 1.72. The van der Waals surface area contributed by atoms with Crippen LogP contribution in [0, 0.1) is 6.92 Å². The minimum atomic E-state index is 0.116. The molecule has 0 spiro atoms. The molecular weight excluding hydrogens is 198 g/mol. The minimum absolute atomic E-state index is 0.116. The van der Waals surface area contributed by atoms with Crippen LogP contribution in [0.2, 0.25) is 0 Å². The lowest BCUT2D eigenvalue weighted by Gasteiger charge is -2.12. The van der Waals surface area contributed by atoms with Crippen LogP contribution in [0.15, 0.2) is 24.3 Å². The summed E-state index contributed by atoms with van der Waals surface area (Å²) in [6.07, 6.45) is 2.62. The van der Waals surface area contributed by atoms with Crippen molar-refractivity contribution in [3.63, 3.8) is 0 Å². The largest absolute Gasteiger partial charge is 0.353 e. The van der Waals surface area contributed by atoms with E-state index in [0.717, 1.165) is 18.4 Å². The molecule has 0 saturated heterocycles. The summed E-state index contributed by atoms with van der Waals surface area (Å²) in [6, 6.07) is 8.39. The molecule has 88 valence electrons. The van der Waals surface area contributed by atoms with Crippen molar-refractivity contribution in [2.75, 3.05) is 0 Å². The van der Waals surface area contributed by atoms with E-state index in [1.165, 1.54) is 5.56 Å². The maximum atomic E-state index is 11.7. The molecule has 1 aromatic rings. The quantitative estimate of drug-likeness (QED) is 0.810. The number of rotatable bonds is 5. The van der Waals surface area contributed by atoms with E-state index in [-0.39, 0.29) is 11.9 Å². The van der Waals surface area contributed by atoms with Crippen LogP contribution < -0.4 is 5.32 Å². The SMILES string of the molecule is CCC[C@@H](C)NC(=O)Cc1ccc(C)cc1. The third-order valence-electron chi connectivity index (χ3n) is 2.61. The van der Waals surface area contributed by atoms with E-state index in [2.05, 4.69) is 19.2 Å². The summed E-state index contributed by atoms with van der Waals surface area (Å²) in [5.74, 6) is 0.116. The zero-order chi connectivity index (χ0) is 12.0. The lowest BCUT2D eigenvalue weighted by molar-refractivity contribution is -0.121. The molecule has 1 rings (SSSR count). The van der Waals surface area contributed by atoms with Gasteiger partial charge in [-0.2, -0.15) is 0 Å². The van der Waals surface area contributed by atoms with E-state index in [9.17, 15) is 4.79 Å². The smallest absolute Gasteiger partial charge is 0.224 e. The molecule has 0 aliphatic heterocycles. The summed E-state index contributed by atoms with van der Waals surface area (Å²) in [7, 11) is 0. The molecule has 0 radical (unpaired) electrons. The Morgan fingerprint density at radius 2 is 1.94 bits per heavy atom. The molecular formula is C14H21NO. The van der Waals surface area contributed by atoms with Gasteiger partial charge >= 0.3 is 0 Å². The lowest BCUT2D eigenvalue weighted by atomic mass is 10.1. The van der Waals surface area contributed by atoms with Crippen LogP contribution in [0.1, 0.15) is 37.8 Å². The second kappa shape index (κ2) is 6.31. The molecule has 1 N–H and O–H groups in total. The third-order valence-corrected chi connectivity index (χ3v) is 2.61. The van der Waals surface area contributed by atoms with Gasteiger partial charge in [-0.1, -0.05) is 43.2 Å². The molecule has 2 heteroatoms. The zero-order valence-electron chi connectivity index (χ0n) is 10.4. The van der Waals surface area contributed by atoms with Crippen LogP contribution in [-0.4, -0.2) is 11.9 Å². The normalized spacial score (nSPS) is 12.2. The Morgan fingerprint density at radius 3 is 2.50 bits per heavy atom. The van der Waals surface area contributed by atoms with E-state index in [0.29, 0.717) is 6.42 Å². The number of nitrogens with one attached hydrogen (secondary N) is 1. The van der Waals surface area contributed by atoms with Crippen LogP contribution in [0.5, 0.6) is 0 Å². The molecule has 1 aromatic carbocycles. The molecule has 0 fully saturated rings. The highest BCUT2D eigenvalue weighted by Gasteiger charge is 2.06. The van der Waals surface area contributed by atoms with Gasteiger partial charge in [-0.05, 0) is 25.8 Å². The monoisotopic (exact) mass is 219 g/mol. The molecule has 1 amide bonds. The highest BCUT2D eigenvalue weighted by molar-refractivity contribution is 5.78. The molecule has 0 aromatic heterocycles. The molecule has 0 aliphatic rings. The van der Waals surface area contributed by atoms with Crippen LogP contribution in [0.4, 0.5) is 0 Å². The van der Waals surface area contributed by atoms with Crippen LogP contribution in [0.3, 0.4) is 0 Å². The van der Waals surface area contributed by atoms with Gasteiger partial charge in [-0.15, -0.1) is 0 Å². The van der Waals surface area contributed by atoms with Crippen molar-refractivity contribution in [1.29, 1.82) is 0 Å². The first kappa shape index (κ1) is 12.8. The summed E-state index contributed by atoms with van der Waals surface area (Å²) < 4.78 is 0. The summed E-state index contributed by atoms with van der Waals surface area (Å²) in [4.78, 5) is 11.7. The van der Waals surface area contributed by atoms with Crippen LogP contribution in [0.25, 0.3) is 0 Å². The Labute approximate surface area is 98.1 Å². The highest BCUT2D eigenvalue weighted by atomic mass is 16.1. The zero-order valence-corrected chi connectivity index (χ0v) is 10.4. The number of hydrogen-bond donors (Lipinski definition) is 1. The van der Waals surface area contributed by atoms with Crippen molar-refractivity contribution in [2.45, 2.75) is 46.1 Å². The molecule has 1 atom stereocenters. The van der Waals surface area contributed by atoms with Crippen molar-refractivity contribution >= 4 is 5.91 Å². The van der Waals surface area contributed by atoms with Crippen molar-refractivity contribution in [2.24, 2.45) is 0 Å². The molecule has 0 heterocycles. The Balaban J connectivity index is 2.42. The second-order valence-electron chi connectivity index (χ2n) is 4.42. The van der Waals surface area contributed by atoms with Gasteiger partial charge in [0.25, 0.3) is 0 Å². The fourth-order valence-corrected chi connectivity index (χ4v) is 1.72. The van der Waals surface area contributed by atoms with Crippen LogP contribution in [-0.2, 0) is 11.2 Å². The Kier molecular flexibility index (Phi) is 5.03. The maximum Gasteiger partial charge on any atom is 0.224 e. The van der Waals surface area contributed by atoms with E-state index in [1.807, 2.05) is 31.2 Å². The van der Waals surface area contributed by atoms with Gasteiger partial charge in [0.1, 0.15) is 0 Å². The second-order valence-corrected chi connectivity index (χ2v) is 4.42. The summed E-state index contributed by atoms with van der Waals surface area (Å²) >= 11 is 0. The number of carbonyl (C=O) groups excluding carboxylic acids is 1. The van der Waals surface area contributed by atoms with E-state index < -0.39 is 0 Å². The van der Waals surface area contributed by atoms with E-state index >= 15 is 0 Å². The first-order valence-electron chi connectivity index (χ1n) is 5.96. The average Bonchev–Trinajstić information content (AvgIpc) is 2.21. The minimum Gasteiger partial charge on any atom is -0.353 e. The first-order chi connectivity index (χ1) is 7.61. The lowest BCUT2D eigenvalue weighted by Crippen LogP contribution is -2.33. The summed E-state index contributed by atoms with van der Waals surface area (Å²) in [5.41, 5.74) is 2.30. The number of carbonyl (C=O) groups is 1. The molecule has 0 unspecified atom stereocenters. The highest BCUT2D eigenvalue weighted by Crippen LogP contribution is 2.04. The molecule has 0 aliphatic carbocycles. The predicted octanol–water partition coefficient (Wildman–Crippen LogP) is 2.84. The number of hydrogen-bond acceptors (Lipinski definition) is 1. The van der Waals surface area contributed by atoms with E-state index in [4.69, 9.17) is 0 Å². The van der Waals surface area contributed by atoms with Crippen molar-refractivity contribution in [3.8, 4) is 0 Å². The molecule has 0 saturated carbocycles. The Bertz CT molecular complexity index is 329. The Hall–Kier alpha value is -1.31. The molecule has 16 heavy (non-hydrogen) atoms.